The van der Waals surface area contributed by atoms with Crippen molar-refractivity contribution in [2.24, 2.45) is 0 Å². The van der Waals surface area contributed by atoms with Gasteiger partial charge in [0.1, 0.15) is 21.5 Å². The van der Waals surface area contributed by atoms with E-state index in [1.165, 1.54) is 26.6 Å². The van der Waals surface area contributed by atoms with Gasteiger partial charge in [-0.25, -0.2) is 4.98 Å². The maximum absolute atomic E-state index is 13.5. The lowest BCUT2D eigenvalue weighted by molar-refractivity contribution is -0.122. The molecule has 5 rings (SSSR count). The predicted molar refractivity (Wildman–Crippen MR) is 142 cm³/mol. The highest BCUT2D eigenvalue weighted by atomic mass is 32.2. The zero-order chi connectivity index (χ0) is 24.4. The minimum Gasteiger partial charge on any atom is -0.467 e. The molecule has 0 radical (unpaired) electrons. The number of anilines is 1. The summed E-state index contributed by atoms with van der Waals surface area (Å²) in [6, 6.07) is 17.4. The van der Waals surface area contributed by atoms with Gasteiger partial charge in [-0.3, -0.25) is 18.9 Å². The average molecular weight is 503 g/mol. The summed E-state index contributed by atoms with van der Waals surface area (Å²) in [6.07, 6.45) is 5.66. The molecule has 35 heavy (non-hydrogen) atoms. The molecule has 0 spiro atoms. The van der Waals surface area contributed by atoms with Crippen LogP contribution in [0.3, 0.4) is 0 Å². The summed E-state index contributed by atoms with van der Waals surface area (Å²) in [5.41, 5.74) is 2.71. The second-order valence-electron chi connectivity index (χ2n) is 8.12. The first-order chi connectivity index (χ1) is 17.0. The smallest absolute Gasteiger partial charge is 0.267 e. The zero-order valence-corrected chi connectivity index (χ0v) is 20.6. The molecule has 176 valence electrons. The zero-order valence-electron chi connectivity index (χ0n) is 18.9. The first kappa shape index (κ1) is 23.1. The van der Waals surface area contributed by atoms with E-state index in [-0.39, 0.29) is 18.0 Å². The molecule has 1 aliphatic heterocycles. The number of nitrogens with zero attached hydrogens (tertiary/aromatic N) is 3. The van der Waals surface area contributed by atoms with E-state index in [1.807, 2.05) is 37.3 Å². The highest BCUT2D eigenvalue weighted by Crippen LogP contribution is 2.34. The Bertz CT molecular complexity index is 1490. The Morgan fingerprint density at radius 3 is 2.71 bits per heavy atom. The van der Waals surface area contributed by atoms with Gasteiger partial charge in [-0.05, 0) is 48.7 Å². The number of aryl methyl sites for hydroxylation is 1. The number of thiocarbonyl (C=S) groups is 1. The number of thioether (sulfide) groups is 1. The van der Waals surface area contributed by atoms with Crippen LogP contribution in [0.25, 0.3) is 11.7 Å². The van der Waals surface area contributed by atoms with Crippen molar-refractivity contribution in [2.45, 2.75) is 19.9 Å². The Hall–Kier alpha value is -3.69. The van der Waals surface area contributed by atoms with Gasteiger partial charge in [0, 0.05) is 12.7 Å². The van der Waals surface area contributed by atoms with Crippen LogP contribution in [0, 0.1) is 6.92 Å². The molecule has 1 fully saturated rings. The number of hydrogen-bond acceptors (Lipinski definition) is 7. The van der Waals surface area contributed by atoms with Crippen LogP contribution in [0.15, 0.2) is 81.2 Å². The average Bonchev–Trinajstić information content (AvgIpc) is 3.46. The number of hydrogen-bond donors (Lipinski definition) is 1. The van der Waals surface area contributed by atoms with Crippen LogP contribution in [0.2, 0.25) is 0 Å². The van der Waals surface area contributed by atoms with E-state index in [1.54, 1.807) is 30.7 Å². The second kappa shape index (κ2) is 9.89. The molecule has 1 aromatic carbocycles. The third-order valence-electron chi connectivity index (χ3n) is 5.60. The number of rotatable bonds is 7. The fourth-order valence-electron chi connectivity index (χ4n) is 3.82. The molecule has 1 N–H and O–H groups in total. The normalized spacial score (nSPS) is 14.9. The van der Waals surface area contributed by atoms with E-state index in [0.29, 0.717) is 38.6 Å². The Morgan fingerprint density at radius 1 is 1.11 bits per heavy atom. The molecule has 1 aliphatic rings. The van der Waals surface area contributed by atoms with Gasteiger partial charge in [-0.2, -0.15) is 0 Å². The van der Waals surface area contributed by atoms with Crippen molar-refractivity contribution in [3.8, 4) is 0 Å². The van der Waals surface area contributed by atoms with Crippen molar-refractivity contribution >= 4 is 51.7 Å². The molecule has 4 aromatic rings. The van der Waals surface area contributed by atoms with Gasteiger partial charge in [-0.1, -0.05) is 60.4 Å². The lowest BCUT2D eigenvalue weighted by Gasteiger charge is -2.13. The SMILES string of the molecule is Cc1ccc2nc(NCCc3ccccc3)c(/C=C3\SC(=S)N(Cc4ccco4)C3=O)c(=O)n2c1. The van der Waals surface area contributed by atoms with Crippen LogP contribution in [-0.2, 0) is 17.8 Å². The maximum atomic E-state index is 13.5. The maximum Gasteiger partial charge on any atom is 0.267 e. The number of pyridine rings is 1. The van der Waals surface area contributed by atoms with E-state index >= 15 is 0 Å². The third kappa shape index (κ3) is 4.91. The molecule has 1 saturated heterocycles. The first-order valence-electron chi connectivity index (χ1n) is 11.1. The van der Waals surface area contributed by atoms with Crippen molar-refractivity contribution < 1.29 is 9.21 Å². The minimum atomic E-state index is -0.264. The summed E-state index contributed by atoms with van der Waals surface area (Å²) in [6.45, 7) is 2.74. The fraction of sp³-hybridized carbons (Fsp3) is 0.154. The van der Waals surface area contributed by atoms with Crippen LogP contribution in [-0.4, -0.2) is 31.1 Å². The van der Waals surface area contributed by atoms with E-state index in [2.05, 4.69) is 17.4 Å². The van der Waals surface area contributed by atoms with E-state index < -0.39 is 0 Å². The van der Waals surface area contributed by atoms with Crippen LogP contribution in [0.1, 0.15) is 22.5 Å². The third-order valence-corrected chi connectivity index (χ3v) is 6.98. The molecule has 7 nitrogen and oxygen atoms in total. The molecule has 3 aromatic heterocycles. The van der Waals surface area contributed by atoms with Crippen molar-refractivity contribution in [2.75, 3.05) is 11.9 Å². The van der Waals surface area contributed by atoms with Gasteiger partial charge in [-0.15, -0.1) is 0 Å². The lowest BCUT2D eigenvalue weighted by Crippen LogP contribution is -2.27. The second-order valence-corrected chi connectivity index (χ2v) is 9.80. The molecule has 9 heteroatoms. The summed E-state index contributed by atoms with van der Waals surface area (Å²) in [5, 5.41) is 3.31. The van der Waals surface area contributed by atoms with Gasteiger partial charge in [0.2, 0.25) is 0 Å². The molecule has 1 amide bonds. The molecular weight excluding hydrogens is 480 g/mol. The minimum absolute atomic E-state index is 0.241. The Morgan fingerprint density at radius 2 is 1.94 bits per heavy atom. The number of benzene rings is 1. The van der Waals surface area contributed by atoms with Gasteiger partial charge in [0.15, 0.2) is 0 Å². The number of carbonyl (C=O) groups excluding carboxylic acids is 1. The number of nitrogens with one attached hydrogen (secondary N) is 1. The van der Waals surface area contributed by atoms with E-state index in [0.717, 1.165) is 12.0 Å². The largest absolute Gasteiger partial charge is 0.467 e. The van der Waals surface area contributed by atoms with Crippen molar-refractivity contribution in [3.63, 3.8) is 0 Å². The van der Waals surface area contributed by atoms with Gasteiger partial charge in [0.05, 0.1) is 23.3 Å². The molecular formula is C26H22N4O3S2. The Labute approximate surface area is 211 Å². The summed E-state index contributed by atoms with van der Waals surface area (Å²) < 4.78 is 7.29. The Kier molecular flexibility index (Phi) is 6.52. The standard InChI is InChI=1S/C26H22N4O3S2/c1-17-9-10-22-28-23(27-12-11-18-6-3-2-4-7-18)20(24(31)29(22)15-17)14-21-25(32)30(26(34)35-21)16-19-8-5-13-33-19/h2-10,13-15,27H,11-12,16H2,1H3/b21-14-. The van der Waals surface area contributed by atoms with Crippen molar-refractivity contribution in [1.29, 1.82) is 0 Å². The molecule has 0 saturated carbocycles. The lowest BCUT2D eigenvalue weighted by atomic mass is 10.1. The summed E-state index contributed by atoms with van der Waals surface area (Å²) in [5.74, 6) is 0.806. The van der Waals surface area contributed by atoms with E-state index in [9.17, 15) is 9.59 Å². The highest BCUT2D eigenvalue weighted by Gasteiger charge is 2.33. The highest BCUT2D eigenvalue weighted by molar-refractivity contribution is 8.26. The molecule has 0 unspecified atom stereocenters. The number of furan rings is 1. The molecule has 4 heterocycles. The summed E-state index contributed by atoms with van der Waals surface area (Å²) in [7, 11) is 0. The Balaban J connectivity index is 1.49. The van der Waals surface area contributed by atoms with E-state index in [4.69, 9.17) is 21.6 Å². The first-order valence-corrected chi connectivity index (χ1v) is 12.3. The monoisotopic (exact) mass is 502 g/mol. The number of amides is 1. The van der Waals surface area contributed by atoms with Gasteiger partial charge in [0.25, 0.3) is 11.5 Å². The van der Waals surface area contributed by atoms with Gasteiger partial charge < -0.3 is 9.73 Å². The summed E-state index contributed by atoms with van der Waals surface area (Å²) >= 11 is 6.61. The van der Waals surface area contributed by atoms with Crippen molar-refractivity contribution in [3.05, 3.63) is 105 Å². The topological polar surface area (TPSA) is 79.8 Å². The number of fused-ring (bicyclic) bond motifs is 1. The fourth-order valence-corrected chi connectivity index (χ4v) is 5.06. The van der Waals surface area contributed by atoms with Crippen LogP contribution in [0.5, 0.6) is 0 Å². The number of aromatic nitrogens is 2. The molecule has 0 aliphatic carbocycles. The molecule has 0 bridgehead atoms. The van der Waals surface area contributed by atoms with Crippen LogP contribution < -0.4 is 10.9 Å². The van der Waals surface area contributed by atoms with Gasteiger partial charge >= 0.3 is 0 Å². The molecule has 0 atom stereocenters. The summed E-state index contributed by atoms with van der Waals surface area (Å²) in [4.78, 5) is 33.2. The quantitative estimate of drug-likeness (QED) is 0.291. The number of carbonyl (C=O) groups is 1. The van der Waals surface area contributed by atoms with Crippen LogP contribution >= 0.6 is 24.0 Å². The van der Waals surface area contributed by atoms with Crippen LogP contribution in [0.4, 0.5) is 5.82 Å². The van der Waals surface area contributed by atoms with Crippen molar-refractivity contribution in [1.82, 2.24) is 14.3 Å². The predicted octanol–water partition coefficient (Wildman–Crippen LogP) is 4.65.